The molecule has 0 radical (unpaired) electrons. The molecule has 2 nitrogen and oxygen atoms in total. The summed E-state index contributed by atoms with van der Waals surface area (Å²) in [4.78, 5) is 10.5. The average molecular weight is 957 g/mol. The van der Waals surface area contributed by atoms with Crippen LogP contribution >= 0.6 is 0 Å². The number of benzene rings is 5. The molecular weight excluding hydrogens is 869 g/mol. The quantitative estimate of drug-likeness (QED) is 0.0332. The summed E-state index contributed by atoms with van der Waals surface area (Å²) in [7, 11) is 0. The molecule has 0 amide bonds. The van der Waals surface area contributed by atoms with Crippen LogP contribution in [0.3, 0.4) is 0 Å². The predicted octanol–water partition coefficient (Wildman–Crippen LogP) is 21.7. The molecule has 7 aromatic rings. The lowest BCUT2D eigenvalue weighted by Crippen LogP contribution is -2.25. The number of pyridine rings is 2. The molecule has 0 spiro atoms. The van der Waals surface area contributed by atoms with Gasteiger partial charge in [0.15, 0.2) is 0 Å². The van der Waals surface area contributed by atoms with Crippen molar-refractivity contribution in [3.63, 3.8) is 0 Å². The Morgan fingerprint density at radius 2 is 0.611 bits per heavy atom. The van der Waals surface area contributed by atoms with Crippen LogP contribution in [-0.4, -0.2) is 9.97 Å². The molecule has 5 aromatic carbocycles. The summed E-state index contributed by atoms with van der Waals surface area (Å²) in [5.41, 5.74) is 19.1. The van der Waals surface area contributed by atoms with Crippen molar-refractivity contribution in [2.75, 3.05) is 0 Å². The number of rotatable bonds is 30. The second kappa shape index (κ2) is 25.2. The molecule has 9 rings (SSSR count). The van der Waals surface area contributed by atoms with Gasteiger partial charge >= 0.3 is 0 Å². The Morgan fingerprint density at radius 1 is 0.292 bits per heavy atom. The number of hydrogen-bond donors (Lipinski definition) is 0. The topological polar surface area (TPSA) is 25.8 Å². The van der Waals surface area contributed by atoms with Crippen molar-refractivity contribution in [2.24, 2.45) is 0 Å². The first-order valence-electron chi connectivity index (χ1n) is 29.7. The lowest BCUT2D eigenvalue weighted by Gasteiger charge is -2.33. The van der Waals surface area contributed by atoms with E-state index in [1.54, 1.807) is 22.3 Å². The van der Waals surface area contributed by atoms with Gasteiger partial charge in [0.25, 0.3) is 0 Å². The summed E-state index contributed by atoms with van der Waals surface area (Å²) in [6, 6.07) is 42.9. The van der Waals surface area contributed by atoms with Crippen LogP contribution in [0.5, 0.6) is 0 Å². The van der Waals surface area contributed by atoms with Gasteiger partial charge in [0.05, 0.1) is 11.0 Å². The van der Waals surface area contributed by atoms with Crippen molar-refractivity contribution in [2.45, 2.75) is 218 Å². The molecule has 0 bridgehead atoms. The third kappa shape index (κ3) is 11.2. The number of fused-ring (bicyclic) bond motifs is 9. The molecule has 378 valence electrons. The van der Waals surface area contributed by atoms with E-state index in [2.05, 4.69) is 149 Å². The summed E-state index contributed by atoms with van der Waals surface area (Å²) in [6.07, 6.45) is 41.1. The molecule has 2 heterocycles. The second-order valence-corrected chi connectivity index (χ2v) is 22.5. The average Bonchev–Trinajstić information content (AvgIpc) is 3.85. The molecule has 0 saturated carbocycles. The van der Waals surface area contributed by atoms with E-state index < -0.39 is 0 Å². The Balaban J connectivity index is 1.01. The van der Waals surface area contributed by atoms with Gasteiger partial charge in [0, 0.05) is 45.1 Å². The van der Waals surface area contributed by atoms with Gasteiger partial charge in [-0.2, -0.15) is 0 Å². The number of hydrogen-bond acceptors (Lipinski definition) is 2. The lowest BCUT2D eigenvalue weighted by molar-refractivity contribution is 0.398. The Labute approximate surface area is 436 Å². The highest BCUT2D eigenvalue weighted by Crippen LogP contribution is 2.56. The highest BCUT2D eigenvalue weighted by molar-refractivity contribution is 6.04. The number of nitrogens with zero attached hydrogens (tertiary/aromatic N) is 2. The smallest absolute Gasteiger partial charge is 0.0965 e. The molecule has 2 aliphatic rings. The monoisotopic (exact) mass is 957 g/mol. The first-order chi connectivity index (χ1) is 35.5. The zero-order valence-corrected chi connectivity index (χ0v) is 45.2. The zero-order chi connectivity index (χ0) is 49.6. The highest BCUT2D eigenvalue weighted by atomic mass is 14.7. The minimum Gasteiger partial charge on any atom is -0.253 e. The molecule has 2 heteroatoms. The Bertz CT molecular complexity index is 2620. The van der Waals surface area contributed by atoms with E-state index in [4.69, 9.17) is 9.97 Å². The summed E-state index contributed by atoms with van der Waals surface area (Å²) >= 11 is 0. The fourth-order valence-electron chi connectivity index (χ4n) is 13.5. The molecule has 0 N–H and O–H groups in total. The van der Waals surface area contributed by atoms with E-state index in [1.807, 2.05) is 0 Å². The van der Waals surface area contributed by atoms with Gasteiger partial charge in [0.2, 0.25) is 0 Å². The van der Waals surface area contributed by atoms with Crippen LogP contribution < -0.4 is 0 Å². The fraction of sp³-hybridized carbons (Fsp3) is 0.486. The van der Waals surface area contributed by atoms with Gasteiger partial charge in [0.1, 0.15) is 0 Å². The van der Waals surface area contributed by atoms with Gasteiger partial charge in [-0.1, -0.05) is 267 Å². The molecule has 0 unspecified atom stereocenters. The third-order valence-corrected chi connectivity index (χ3v) is 17.5. The molecule has 72 heavy (non-hydrogen) atoms. The van der Waals surface area contributed by atoms with Crippen molar-refractivity contribution in [3.8, 4) is 44.5 Å². The first kappa shape index (κ1) is 51.8. The normalized spacial score (nSPS) is 13.9. The summed E-state index contributed by atoms with van der Waals surface area (Å²) in [5.74, 6) is 0. The van der Waals surface area contributed by atoms with E-state index in [9.17, 15) is 0 Å². The Kier molecular flexibility index (Phi) is 18.2. The first-order valence-corrected chi connectivity index (χ1v) is 29.7. The van der Waals surface area contributed by atoms with E-state index in [0.717, 1.165) is 21.8 Å². The van der Waals surface area contributed by atoms with Gasteiger partial charge in [-0.25, -0.2) is 0 Å². The standard InChI is InChI=1S/C70H88N2/c1-5-9-13-17-21-29-43-69(44-30-22-18-14-10-6-2)63-35-27-25-33-59(63)61-41-39-53(49-65(61)69)57-47-55-37-38-56-48-58(52-72-68(56)67(55)71-51-57)54-40-42-62-60-34-26-28-36-64(60)70(66(62)50-54,45-31-23-19-15-11-7-3)46-32-24-20-16-12-8-4/h25-28,33-42,47-52H,5-24,29-32,43-46H2,1-4H3. The maximum Gasteiger partial charge on any atom is 0.0965 e. The van der Waals surface area contributed by atoms with Crippen molar-refractivity contribution in [3.05, 3.63) is 144 Å². The molecule has 0 atom stereocenters. The van der Waals surface area contributed by atoms with Crippen LogP contribution in [0.4, 0.5) is 0 Å². The SMILES string of the molecule is CCCCCCCCC1(CCCCCCCC)c2ccccc2-c2ccc(-c3cnc4c(ccc5cc(-c6ccc7c(c6)C(CCCCCCCC)(CCCCCCCC)c6ccccc6-7)cnc54)c3)cc21. The maximum absolute atomic E-state index is 5.26. The molecule has 0 saturated heterocycles. The molecule has 0 aliphatic heterocycles. The largest absolute Gasteiger partial charge is 0.253 e. The van der Waals surface area contributed by atoms with Crippen LogP contribution in [0.2, 0.25) is 0 Å². The van der Waals surface area contributed by atoms with Crippen molar-refractivity contribution >= 4 is 21.8 Å². The molecule has 2 aliphatic carbocycles. The molecule has 2 aromatic heterocycles. The Morgan fingerprint density at radius 3 is 0.972 bits per heavy atom. The van der Waals surface area contributed by atoms with Crippen molar-refractivity contribution in [1.82, 2.24) is 9.97 Å². The number of unbranched alkanes of at least 4 members (excludes halogenated alkanes) is 20. The predicted molar refractivity (Wildman–Crippen MR) is 312 cm³/mol. The third-order valence-electron chi connectivity index (χ3n) is 17.5. The Hall–Kier alpha value is -5.08. The van der Waals surface area contributed by atoms with E-state index in [0.29, 0.717) is 0 Å². The van der Waals surface area contributed by atoms with Crippen LogP contribution in [-0.2, 0) is 10.8 Å². The van der Waals surface area contributed by atoms with Crippen molar-refractivity contribution in [1.29, 1.82) is 0 Å². The van der Waals surface area contributed by atoms with Crippen molar-refractivity contribution < 1.29 is 0 Å². The van der Waals surface area contributed by atoms with Gasteiger partial charge < -0.3 is 0 Å². The summed E-state index contributed by atoms with van der Waals surface area (Å²) in [5, 5.41) is 2.30. The lowest BCUT2D eigenvalue weighted by atomic mass is 9.70. The molecule has 0 fully saturated rings. The van der Waals surface area contributed by atoms with E-state index >= 15 is 0 Å². The van der Waals surface area contributed by atoms with Crippen LogP contribution in [0, 0.1) is 0 Å². The van der Waals surface area contributed by atoms with Gasteiger partial charge in [-0.05, 0) is 106 Å². The van der Waals surface area contributed by atoms with Crippen LogP contribution in [0.25, 0.3) is 66.3 Å². The minimum atomic E-state index is 0.0611. The summed E-state index contributed by atoms with van der Waals surface area (Å²) in [6.45, 7) is 9.29. The summed E-state index contributed by atoms with van der Waals surface area (Å²) < 4.78 is 0. The van der Waals surface area contributed by atoms with Crippen LogP contribution in [0.1, 0.15) is 230 Å². The van der Waals surface area contributed by atoms with Crippen LogP contribution in [0.15, 0.2) is 122 Å². The van der Waals surface area contributed by atoms with Gasteiger partial charge in [-0.15, -0.1) is 0 Å². The van der Waals surface area contributed by atoms with E-state index in [-0.39, 0.29) is 10.8 Å². The second-order valence-electron chi connectivity index (χ2n) is 22.5. The number of aromatic nitrogens is 2. The molecular formula is C70H88N2. The maximum atomic E-state index is 5.26. The van der Waals surface area contributed by atoms with Gasteiger partial charge in [-0.3, -0.25) is 9.97 Å². The minimum absolute atomic E-state index is 0.0611. The van der Waals surface area contributed by atoms with E-state index in [1.165, 1.54) is 224 Å². The zero-order valence-electron chi connectivity index (χ0n) is 45.2. The highest BCUT2D eigenvalue weighted by Gasteiger charge is 2.43. The fourth-order valence-corrected chi connectivity index (χ4v) is 13.5.